The largest absolute Gasteiger partial charge is 0.286 e. The third-order valence-corrected chi connectivity index (χ3v) is 6.12. The second-order valence-corrected chi connectivity index (χ2v) is 10.7. The van der Waals surface area contributed by atoms with Crippen LogP contribution in [0, 0.1) is 0 Å². The maximum atomic E-state index is 10.4. The Balaban J connectivity index is 0. The molecule has 0 aliphatic carbocycles. The van der Waals surface area contributed by atoms with Crippen molar-refractivity contribution in [1.82, 2.24) is 0 Å². The summed E-state index contributed by atoms with van der Waals surface area (Å²) in [5.74, 6) is -0.163. The molecule has 0 amide bonds. The van der Waals surface area contributed by atoms with Crippen LogP contribution in [0.15, 0.2) is 0 Å². The predicted octanol–water partition coefficient (Wildman–Crippen LogP) is 6.03. The average Bonchev–Trinajstić information content (AvgIpc) is 2.58. The molecule has 172 valence electrons. The molecule has 0 aliphatic heterocycles. The topological polar surface area (TPSA) is 109 Å². The van der Waals surface area contributed by atoms with Crippen LogP contribution in [0.25, 0.3) is 0 Å². The van der Waals surface area contributed by atoms with Crippen molar-refractivity contribution in [3.8, 4) is 0 Å². The molecule has 0 aliphatic rings. The molecule has 0 aromatic heterocycles. The zero-order valence-electron chi connectivity index (χ0n) is 18.1. The zero-order valence-corrected chi connectivity index (χ0v) is 19.7. The second-order valence-electron chi connectivity index (χ2n) is 7.52. The van der Waals surface area contributed by atoms with E-state index in [1.165, 1.54) is 64.2 Å². The first-order valence-electron chi connectivity index (χ1n) is 11.0. The summed E-state index contributed by atoms with van der Waals surface area (Å²) in [6.07, 6.45) is 17.7. The first-order chi connectivity index (χ1) is 13.1. The maximum Gasteiger partial charge on any atom is 0.264 e. The van der Waals surface area contributed by atoms with Gasteiger partial charge in [0.15, 0.2) is 0 Å². The Morgan fingerprint density at radius 3 is 0.857 bits per heavy atom. The molecule has 0 atom stereocenters. The Hall–Kier alpha value is -0.180. The van der Waals surface area contributed by atoms with Crippen LogP contribution in [-0.2, 0) is 20.2 Å². The first-order valence-corrected chi connectivity index (χ1v) is 14.2. The van der Waals surface area contributed by atoms with E-state index < -0.39 is 20.2 Å². The van der Waals surface area contributed by atoms with Gasteiger partial charge in [-0.15, -0.1) is 0 Å². The molecule has 0 fully saturated rings. The maximum absolute atomic E-state index is 10.4. The second kappa shape index (κ2) is 20.1. The van der Waals surface area contributed by atoms with Gasteiger partial charge in [-0.1, -0.05) is 104 Å². The van der Waals surface area contributed by atoms with Gasteiger partial charge in [0.25, 0.3) is 20.2 Å². The highest BCUT2D eigenvalue weighted by molar-refractivity contribution is 7.86. The van der Waals surface area contributed by atoms with E-state index >= 15 is 0 Å². The van der Waals surface area contributed by atoms with Crippen LogP contribution in [0.1, 0.15) is 117 Å². The molecule has 2 N–H and O–H groups in total. The number of unbranched alkanes of at least 4 members (excludes halogenated alkanes) is 14. The van der Waals surface area contributed by atoms with Crippen molar-refractivity contribution >= 4 is 20.2 Å². The molecule has 0 spiro atoms. The predicted molar refractivity (Wildman–Crippen MR) is 118 cm³/mol. The van der Waals surface area contributed by atoms with Crippen molar-refractivity contribution < 1.29 is 25.9 Å². The third kappa shape index (κ3) is 33.4. The summed E-state index contributed by atoms with van der Waals surface area (Å²) in [6.45, 7) is 4.37. The molecule has 6 nitrogen and oxygen atoms in total. The van der Waals surface area contributed by atoms with E-state index in [2.05, 4.69) is 13.8 Å². The Kier molecular flexibility index (Phi) is 21.6. The Morgan fingerprint density at radius 1 is 0.429 bits per heavy atom. The first kappa shape index (κ1) is 30.0. The van der Waals surface area contributed by atoms with E-state index in [-0.39, 0.29) is 11.5 Å². The van der Waals surface area contributed by atoms with Crippen LogP contribution >= 0.6 is 0 Å². The highest BCUT2D eigenvalue weighted by Gasteiger charge is 2.03. The van der Waals surface area contributed by atoms with Crippen LogP contribution in [0.3, 0.4) is 0 Å². The summed E-state index contributed by atoms with van der Waals surface area (Å²) in [5.41, 5.74) is 0. The lowest BCUT2D eigenvalue weighted by molar-refractivity contribution is 0.476. The van der Waals surface area contributed by atoms with Gasteiger partial charge >= 0.3 is 0 Å². The van der Waals surface area contributed by atoms with Gasteiger partial charge in [0, 0.05) is 0 Å². The zero-order chi connectivity index (χ0) is 21.7. The Bertz CT molecular complexity index is 467. The summed E-state index contributed by atoms with van der Waals surface area (Å²) >= 11 is 0. The van der Waals surface area contributed by atoms with Crippen molar-refractivity contribution in [2.24, 2.45) is 0 Å². The van der Waals surface area contributed by atoms with Crippen molar-refractivity contribution in [2.75, 3.05) is 11.5 Å². The van der Waals surface area contributed by atoms with E-state index in [1.54, 1.807) is 0 Å². The number of hydrogen-bond donors (Lipinski definition) is 2. The van der Waals surface area contributed by atoms with E-state index in [1.807, 2.05) is 0 Å². The number of hydrogen-bond acceptors (Lipinski definition) is 4. The van der Waals surface area contributed by atoms with Gasteiger partial charge in [-0.3, -0.25) is 9.11 Å². The minimum absolute atomic E-state index is 0.0814. The lowest BCUT2D eigenvalue weighted by atomic mass is 10.1. The van der Waals surface area contributed by atoms with Crippen molar-refractivity contribution in [3.05, 3.63) is 0 Å². The fourth-order valence-corrected chi connectivity index (χ4v) is 3.97. The van der Waals surface area contributed by atoms with Crippen LogP contribution in [0.4, 0.5) is 0 Å². The van der Waals surface area contributed by atoms with Crippen molar-refractivity contribution in [2.45, 2.75) is 117 Å². The Labute approximate surface area is 174 Å². The van der Waals surface area contributed by atoms with Crippen LogP contribution in [0.5, 0.6) is 0 Å². The van der Waals surface area contributed by atoms with Crippen LogP contribution in [0.2, 0.25) is 0 Å². The summed E-state index contributed by atoms with van der Waals surface area (Å²) in [7, 11) is -7.45. The lowest BCUT2D eigenvalue weighted by Gasteiger charge is -2.00. The molecule has 8 heteroatoms. The molecule has 0 bridgehead atoms. The van der Waals surface area contributed by atoms with Gasteiger partial charge in [0.05, 0.1) is 11.5 Å². The summed E-state index contributed by atoms with van der Waals surface area (Å²) in [4.78, 5) is 0. The summed E-state index contributed by atoms with van der Waals surface area (Å²) < 4.78 is 58.4. The summed E-state index contributed by atoms with van der Waals surface area (Å²) in [6, 6.07) is 0. The fourth-order valence-electron chi connectivity index (χ4n) is 2.84. The number of rotatable bonds is 18. The molecule has 0 saturated heterocycles. The minimum atomic E-state index is -3.73. The molecule has 0 aromatic rings. The van der Waals surface area contributed by atoms with Crippen LogP contribution in [-0.4, -0.2) is 37.4 Å². The fraction of sp³-hybridized carbons (Fsp3) is 1.00. The van der Waals surface area contributed by atoms with Gasteiger partial charge < -0.3 is 0 Å². The van der Waals surface area contributed by atoms with Gasteiger partial charge in [0.1, 0.15) is 0 Å². The SMILES string of the molecule is CCCCCCCCCCS(=O)(=O)O.CCCCCCCCCCS(=O)(=O)O. The van der Waals surface area contributed by atoms with Gasteiger partial charge in [-0.2, -0.15) is 16.8 Å². The molecule has 0 heterocycles. The molecule has 0 unspecified atom stereocenters. The van der Waals surface area contributed by atoms with Crippen LogP contribution < -0.4 is 0 Å². The quantitative estimate of drug-likeness (QED) is 0.197. The van der Waals surface area contributed by atoms with E-state index in [0.717, 1.165) is 25.7 Å². The summed E-state index contributed by atoms with van der Waals surface area (Å²) in [5, 5.41) is 0. The molecule has 28 heavy (non-hydrogen) atoms. The molecule has 0 radical (unpaired) electrons. The molecule has 0 rings (SSSR count). The third-order valence-electron chi connectivity index (χ3n) is 4.51. The minimum Gasteiger partial charge on any atom is -0.286 e. The lowest BCUT2D eigenvalue weighted by Crippen LogP contribution is -2.03. The van der Waals surface area contributed by atoms with Crippen molar-refractivity contribution in [1.29, 1.82) is 0 Å². The average molecular weight is 445 g/mol. The molecular weight excluding hydrogens is 400 g/mol. The monoisotopic (exact) mass is 444 g/mol. The van der Waals surface area contributed by atoms with Gasteiger partial charge in [-0.05, 0) is 12.8 Å². The normalized spacial score (nSPS) is 11.9. The Morgan fingerprint density at radius 2 is 0.643 bits per heavy atom. The molecule has 0 saturated carbocycles. The standard InChI is InChI=1S/2C10H22O3S/c2*1-2-3-4-5-6-7-8-9-10-14(11,12)13/h2*2-10H2,1H3,(H,11,12,13). The van der Waals surface area contributed by atoms with Gasteiger partial charge in [0.2, 0.25) is 0 Å². The van der Waals surface area contributed by atoms with E-state index in [0.29, 0.717) is 12.8 Å². The molecule has 0 aromatic carbocycles. The smallest absolute Gasteiger partial charge is 0.264 e. The van der Waals surface area contributed by atoms with Gasteiger partial charge in [-0.25, -0.2) is 0 Å². The van der Waals surface area contributed by atoms with E-state index in [4.69, 9.17) is 9.11 Å². The van der Waals surface area contributed by atoms with Crippen molar-refractivity contribution in [3.63, 3.8) is 0 Å². The van der Waals surface area contributed by atoms with E-state index in [9.17, 15) is 16.8 Å². The molecular formula is C20H44O6S2. The highest BCUT2D eigenvalue weighted by atomic mass is 32.2. The highest BCUT2D eigenvalue weighted by Crippen LogP contribution is 2.09.